The highest BCUT2D eigenvalue weighted by atomic mass is 32.1. The number of ether oxygens (including phenoxy) is 1. The Bertz CT molecular complexity index is 949. The second kappa shape index (κ2) is 9.86. The van der Waals surface area contributed by atoms with Crippen LogP contribution in [-0.4, -0.2) is 63.7 Å². The van der Waals surface area contributed by atoms with Crippen molar-refractivity contribution < 1.29 is 32.6 Å². The van der Waals surface area contributed by atoms with Crippen LogP contribution in [0.5, 0.6) is 5.75 Å². The number of halogens is 3. The summed E-state index contributed by atoms with van der Waals surface area (Å²) in [5.41, 5.74) is 2.28. The Morgan fingerprint density at radius 2 is 1.91 bits per heavy atom. The molecule has 0 saturated carbocycles. The lowest BCUT2D eigenvalue weighted by Crippen LogP contribution is -2.36. The van der Waals surface area contributed by atoms with Crippen molar-refractivity contribution in [2.45, 2.75) is 51.1 Å². The minimum absolute atomic E-state index is 0.264. The molecule has 2 aliphatic heterocycles. The third kappa shape index (κ3) is 5.77. The van der Waals surface area contributed by atoms with Crippen LogP contribution in [0.15, 0.2) is 29.6 Å². The van der Waals surface area contributed by atoms with Crippen LogP contribution < -0.4 is 4.74 Å². The maximum atomic E-state index is 12.5. The number of rotatable bonds is 5. The van der Waals surface area contributed by atoms with E-state index in [0.29, 0.717) is 25.0 Å². The van der Waals surface area contributed by atoms with E-state index in [-0.39, 0.29) is 5.91 Å². The van der Waals surface area contributed by atoms with E-state index in [0.717, 1.165) is 36.0 Å². The first-order valence-electron chi connectivity index (χ1n) is 9.96. The summed E-state index contributed by atoms with van der Waals surface area (Å²) >= 11 is 1.65. The number of thiazole rings is 1. The number of carboxylic acid groups (broad SMARTS) is 1. The first-order valence-corrected chi connectivity index (χ1v) is 10.8. The predicted molar refractivity (Wildman–Crippen MR) is 111 cm³/mol. The van der Waals surface area contributed by atoms with Gasteiger partial charge in [-0.3, -0.25) is 9.69 Å². The molecule has 0 aliphatic carbocycles. The van der Waals surface area contributed by atoms with Gasteiger partial charge in [0.15, 0.2) is 0 Å². The molecule has 1 amide bonds. The van der Waals surface area contributed by atoms with Gasteiger partial charge in [0.25, 0.3) is 0 Å². The van der Waals surface area contributed by atoms with Gasteiger partial charge < -0.3 is 14.7 Å². The lowest BCUT2D eigenvalue weighted by atomic mass is 10.1. The van der Waals surface area contributed by atoms with Gasteiger partial charge >= 0.3 is 12.1 Å². The number of carbonyl (C=O) groups is 2. The van der Waals surface area contributed by atoms with Crippen LogP contribution in [0.1, 0.15) is 29.1 Å². The van der Waals surface area contributed by atoms with Crippen LogP contribution in [-0.2, 0) is 22.7 Å². The fourth-order valence-electron chi connectivity index (χ4n) is 4.03. The molecule has 174 valence electrons. The second-order valence-corrected chi connectivity index (χ2v) is 8.69. The molecule has 2 aromatic rings. The number of aromatic nitrogens is 1. The van der Waals surface area contributed by atoms with E-state index >= 15 is 0 Å². The van der Waals surface area contributed by atoms with E-state index in [4.69, 9.17) is 14.6 Å². The number of carboxylic acids is 1. The van der Waals surface area contributed by atoms with Crippen molar-refractivity contribution in [2.75, 3.05) is 13.7 Å². The zero-order valence-corrected chi connectivity index (χ0v) is 18.4. The molecule has 0 radical (unpaired) electrons. The highest BCUT2D eigenvalue weighted by molar-refractivity contribution is 7.09. The molecule has 0 spiro atoms. The molecule has 1 aromatic carbocycles. The number of benzene rings is 1. The number of hydrogen-bond acceptors (Lipinski definition) is 6. The smallest absolute Gasteiger partial charge is 0.490 e. The number of nitrogens with zero attached hydrogens (tertiary/aromatic N) is 3. The molecule has 2 aliphatic rings. The summed E-state index contributed by atoms with van der Waals surface area (Å²) in [4.78, 5) is 30.5. The molecule has 4 rings (SSSR count). The van der Waals surface area contributed by atoms with Crippen LogP contribution in [0.2, 0.25) is 0 Å². The van der Waals surface area contributed by atoms with Gasteiger partial charge in [-0.1, -0.05) is 12.1 Å². The highest BCUT2D eigenvalue weighted by Crippen LogP contribution is 2.34. The van der Waals surface area contributed by atoms with Crippen LogP contribution in [0.25, 0.3) is 0 Å². The van der Waals surface area contributed by atoms with Crippen molar-refractivity contribution >= 4 is 23.2 Å². The maximum absolute atomic E-state index is 12.5. The lowest BCUT2D eigenvalue weighted by molar-refractivity contribution is -0.192. The molecule has 0 bridgehead atoms. The predicted octanol–water partition coefficient (Wildman–Crippen LogP) is 3.47. The van der Waals surface area contributed by atoms with Crippen molar-refractivity contribution in [3.8, 4) is 5.75 Å². The van der Waals surface area contributed by atoms with Gasteiger partial charge in [-0.25, -0.2) is 9.78 Å². The summed E-state index contributed by atoms with van der Waals surface area (Å²) in [6.45, 7) is 4.60. The van der Waals surface area contributed by atoms with E-state index in [1.54, 1.807) is 18.4 Å². The number of likely N-dealkylation sites (tertiary alicyclic amines) is 2. The van der Waals surface area contributed by atoms with Crippen LogP contribution in [0.4, 0.5) is 13.2 Å². The molecule has 11 heteroatoms. The highest BCUT2D eigenvalue weighted by Gasteiger charge is 2.46. The van der Waals surface area contributed by atoms with E-state index in [9.17, 15) is 18.0 Å². The number of fused-ring (bicyclic) bond motifs is 1. The molecule has 32 heavy (non-hydrogen) atoms. The van der Waals surface area contributed by atoms with Gasteiger partial charge in [0, 0.05) is 37.0 Å². The van der Waals surface area contributed by atoms with Crippen LogP contribution >= 0.6 is 11.3 Å². The van der Waals surface area contributed by atoms with Gasteiger partial charge in [-0.05, 0) is 31.0 Å². The number of aliphatic carboxylic acids is 1. The minimum atomic E-state index is -5.08. The number of methoxy groups -OCH3 is 1. The van der Waals surface area contributed by atoms with Gasteiger partial charge in [0.05, 0.1) is 24.4 Å². The van der Waals surface area contributed by atoms with Crippen molar-refractivity contribution in [3.05, 3.63) is 45.9 Å². The number of amides is 1. The average molecular weight is 472 g/mol. The normalized spacial score (nSPS) is 20.7. The SMILES string of the molecule is COc1ccc(CN2CC[C@H]3[C@H]2CC(=O)N3Cc2csc(C)n2)cc1.O=C(O)C(F)(F)F. The third-order valence-corrected chi connectivity index (χ3v) is 6.34. The second-order valence-electron chi connectivity index (χ2n) is 7.63. The summed E-state index contributed by atoms with van der Waals surface area (Å²) in [5, 5.41) is 10.3. The average Bonchev–Trinajstić information content (AvgIpc) is 3.40. The summed E-state index contributed by atoms with van der Waals surface area (Å²) in [6, 6.07) is 8.87. The number of aryl methyl sites for hydroxylation is 1. The van der Waals surface area contributed by atoms with Crippen molar-refractivity contribution in [1.29, 1.82) is 0 Å². The summed E-state index contributed by atoms with van der Waals surface area (Å²) in [5.74, 6) is -1.61. The Labute approximate surface area is 187 Å². The van der Waals surface area contributed by atoms with E-state index in [1.165, 1.54) is 5.56 Å². The molecule has 0 unspecified atom stereocenters. The maximum Gasteiger partial charge on any atom is 0.490 e. The topological polar surface area (TPSA) is 83.0 Å². The number of hydrogen-bond donors (Lipinski definition) is 1. The lowest BCUT2D eigenvalue weighted by Gasteiger charge is -2.25. The Morgan fingerprint density at radius 1 is 1.25 bits per heavy atom. The molecule has 2 atom stereocenters. The summed E-state index contributed by atoms with van der Waals surface area (Å²) < 4.78 is 37.0. The number of carbonyl (C=O) groups excluding carboxylic acids is 1. The quantitative estimate of drug-likeness (QED) is 0.719. The largest absolute Gasteiger partial charge is 0.497 e. The Hall–Kier alpha value is -2.66. The first kappa shape index (κ1) is 24.0. The van der Waals surface area contributed by atoms with Gasteiger partial charge in [-0.2, -0.15) is 13.2 Å². The van der Waals surface area contributed by atoms with Gasteiger partial charge in [-0.15, -0.1) is 11.3 Å². The van der Waals surface area contributed by atoms with E-state index < -0.39 is 12.1 Å². The molecule has 7 nitrogen and oxygen atoms in total. The molecular weight excluding hydrogens is 447 g/mol. The summed E-state index contributed by atoms with van der Waals surface area (Å²) in [7, 11) is 1.68. The molecule has 3 heterocycles. The van der Waals surface area contributed by atoms with Crippen molar-refractivity contribution in [2.24, 2.45) is 0 Å². The molecular formula is C21H24F3N3O4S. The van der Waals surface area contributed by atoms with Gasteiger partial charge in [0.1, 0.15) is 5.75 Å². The Kier molecular flexibility index (Phi) is 7.40. The monoisotopic (exact) mass is 471 g/mol. The Morgan fingerprint density at radius 3 is 2.44 bits per heavy atom. The molecule has 2 saturated heterocycles. The molecule has 2 fully saturated rings. The fourth-order valence-corrected chi connectivity index (χ4v) is 4.64. The molecule has 1 aromatic heterocycles. The van der Waals surface area contributed by atoms with E-state index in [2.05, 4.69) is 27.4 Å². The third-order valence-electron chi connectivity index (χ3n) is 5.52. The van der Waals surface area contributed by atoms with E-state index in [1.807, 2.05) is 24.0 Å². The fraction of sp³-hybridized carbons (Fsp3) is 0.476. The van der Waals surface area contributed by atoms with Crippen LogP contribution in [0, 0.1) is 6.92 Å². The molecule has 1 N–H and O–H groups in total. The van der Waals surface area contributed by atoms with Gasteiger partial charge in [0.2, 0.25) is 5.91 Å². The van der Waals surface area contributed by atoms with Crippen LogP contribution in [0.3, 0.4) is 0 Å². The van der Waals surface area contributed by atoms with Crippen molar-refractivity contribution in [3.63, 3.8) is 0 Å². The van der Waals surface area contributed by atoms with Crippen molar-refractivity contribution in [1.82, 2.24) is 14.8 Å². The summed E-state index contributed by atoms with van der Waals surface area (Å²) in [6.07, 6.45) is -3.40. The standard InChI is InChI=1S/C19H23N3O2S.C2HF3O2/c1-13-20-15(12-25-13)11-22-17-7-8-21(18(17)9-19(22)23)10-14-3-5-16(24-2)6-4-14;3-2(4,5)1(6)7/h3-6,12,17-18H,7-11H2,1-2H3;(H,6,7)/t17-,18+;/m0./s1. The first-order chi connectivity index (χ1) is 15.1. The zero-order chi connectivity index (χ0) is 23.5. The minimum Gasteiger partial charge on any atom is -0.497 e. The zero-order valence-electron chi connectivity index (χ0n) is 17.6. The Balaban J connectivity index is 0.000000360. The number of alkyl halides is 3.